The fraction of sp³-hybridized carbons (Fsp3) is 0.500. The average Bonchev–Trinajstić information content (AvgIpc) is 2.29. The molecule has 0 atom stereocenters. The quantitative estimate of drug-likeness (QED) is 0.765. The third kappa shape index (κ3) is 5.69. The summed E-state index contributed by atoms with van der Waals surface area (Å²) < 4.78 is 10.5. The number of ether oxygens (including phenoxy) is 2. The number of carbonyl (C=O) groups excluding carboxylic acids is 2. The molecule has 0 heterocycles. The molecule has 7 heteroatoms. The van der Waals surface area contributed by atoms with Gasteiger partial charge in [-0.3, -0.25) is 0 Å². The zero-order valence-corrected chi connectivity index (χ0v) is 14.5. The SMILES string of the molecule is CC(C)(C)OC(=O)N(C(=O)OC(C)(C)C)c1cc(N)ccc1N. The van der Waals surface area contributed by atoms with Crippen molar-refractivity contribution in [3.05, 3.63) is 18.2 Å². The minimum Gasteiger partial charge on any atom is -0.443 e. The molecule has 128 valence electrons. The molecule has 1 aromatic carbocycles. The highest BCUT2D eigenvalue weighted by Crippen LogP contribution is 2.29. The number of benzene rings is 1. The fourth-order valence-corrected chi connectivity index (χ4v) is 1.64. The molecule has 0 spiro atoms. The summed E-state index contributed by atoms with van der Waals surface area (Å²) in [7, 11) is 0. The third-order valence-corrected chi connectivity index (χ3v) is 2.45. The summed E-state index contributed by atoms with van der Waals surface area (Å²) >= 11 is 0. The number of carbonyl (C=O) groups is 2. The van der Waals surface area contributed by atoms with Gasteiger partial charge in [-0.15, -0.1) is 0 Å². The Hall–Kier alpha value is -2.44. The monoisotopic (exact) mass is 323 g/mol. The lowest BCUT2D eigenvalue weighted by Crippen LogP contribution is -2.44. The van der Waals surface area contributed by atoms with Crippen LogP contribution < -0.4 is 16.4 Å². The van der Waals surface area contributed by atoms with Crippen LogP contribution in [0.3, 0.4) is 0 Å². The van der Waals surface area contributed by atoms with E-state index in [0.29, 0.717) is 5.69 Å². The maximum Gasteiger partial charge on any atom is 0.424 e. The molecule has 1 rings (SSSR count). The Morgan fingerprint density at radius 3 is 1.74 bits per heavy atom. The number of hydrogen-bond acceptors (Lipinski definition) is 6. The molecule has 23 heavy (non-hydrogen) atoms. The zero-order valence-electron chi connectivity index (χ0n) is 14.5. The van der Waals surface area contributed by atoms with Gasteiger partial charge in [0.15, 0.2) is 0 Å². The Labute approximate surface area is 136 Å². The number of nitrogen functional groups attached to an aromatic ring is 2. The highest BCUT2D eigenvalue weighted by Gasteiger charge is 2.33. The molecule has 1 aromatic rings. The van der Waals surface area contributed by atoms with Crippen molar-refractivity contribution in [2.75, 3.05) is 16.4 Å². The molecule has 0 aliphatic heterocycles. The van der Waals surface area contributed by atoms with Gasteiger partial charge in [0.1, 0.15) is 11.2 Å². The summed E-state index contributed by atoms with van der Waals surface area (Å²) in [6.45, 7) is 10.2. The summed E-state index contributed by atoms with van der Waals surface area (Å²) in [5, 5.41) is 0. The predicted octanol–water partition coefficient (Wildman–Crippen LogP) is 3.53. The molecule has 7 nitrogen and oxygen atoms in total. The van der Waals surface area contributed by atoms with Crippen LogP contribution in [0.25, 0.3) is 0 Å². The molecular weight excluding hydrogens is 298 g/mol. The zero-order chi connectivity index (χ0) is 18.0. The summed E-state index contributed by atoms with van der Waals surface area (Å²) in [6.07, 6.45) is -1.77. The van der Waals surface area contributed by atoms with Crippen LogP contribution in [0.15, 0.2) is 18.2 Å². The number of anilines is 3. The maximum absolute atomic E-state index is 12.5. The Balaban J connectivity index is 3.28. The molecule has 0 aromatic heterocycles. The van der Waals surface area contributed by atoms with Gasteiger partial charge in [-0.1, -0.05) is 0 Å². The van der Waals surface area contributed by atoms with Crippen molar-refractivity contribution in [3.8, 4) is 0 Å². The highest BCUT2D eigenvalue weighted by molar-refractivity contribution is 6.11. The minimum absolute atomic E-state index is 0.119. The van der Waals surface area contributed by atoms with Crippen LogP contribution in [0.1, 0.15) is 41.5 Å². The van der Waals surface area contributed by atoms with Crippen molar-refractivity contribution >= 4 is 29.2 Å². The van der Waals surface area contributed by atoms with Gasteiger partial charge in [0.2, 0.25) is 0 Å². The first-order valence-corrected chi connectivity index (χ1v) is 7.21. The van der Waals surface area contributed by atoms with Gasteiger partial charge in [0, 0.05) is 5.69 Å². The summed E-state index contributed by atoms with van der Waals surface area (Å²) in [5.41, 5.74) is 10.7. The predicted molar refractivity (Wildman–Crippen MR) is 90.2 cm³/mol. The Morgan fingerprint density at radius 2 is 1.35 bits per heavy atom. The molecule has 4 N–H and O–H groups in total. The number of nitrogens with zero attached hydrogens (tertiary/aromatic N) is 1. The molecule has 0 aliphatic carbocycles. The van der Waals surface area contributed by atoms with E-state index in [4.69, 9.17) is 20.9 Å². The Kier molecular flexibility index (Phi) is 5.14. The number of nitrogens with two attached hydrogens (primary N) is 2. The van der Waals surface area contributed by atoms with E-state index in [1.165, 1.54) is 12.1 Å². The molecule has 2 amide bonds. The minimum atomic E-state index is -0.885. The Morgan fingerprint density at radius 1 is 0.913 bits per heavy atom. The normalized spacial score (nSPS) is 11.7. The van der Waals surface area contributed by atoms with Crippen molar-refractivity contribution in [2.45, 2.75) is 52.7 Å². The van der Waals surface area contributed by atoms with Crippen LogP contribution in [0, 0.1) is 0 Å². The molecule has 0 bridgehead atoms. The van der Waals surface area contributed by atoms with Crippen molar-refractivity contribution in [1.82, 2.24) is 0 Å². The smallest absolute Gasteiger partial charge is 0.424 e. The van der Waals surface area contributed by atoms with E-state index in [1.54, 1.807) is 47.6 Å². The first-order valence-electron chi connectivity index (χ1n) is 7.21. The summed E-state index contributed by atoms with van der Waals surface area (Å²) in [4.78, 5) is 25.7. The van der Waals surface area contributed by atoms with Crippen LogP contribution in [0.5, 0.6) is 0 Å². The third-order valence-electron chi connectivity index (χ3n) is 2.45. The highest BCUT2D eigenvalue weighted by atomic mass is 16.6. The van der Waals surface area contributed by atoms with Crippen molar-refractivity contribution < 1.29 is 19.1 Å². The average molecular weight is 323 g/mol. The molecule has 0 fully saturated rings. The standard InChI is InChI=1S/C16H25N3O4/c1-15(2,3)22-13(20)19(14(21)23-16(4,5)6)12-9-10(17)7-8-11(12)18/h7-9H,17-18H2,1-6H3. The van der Waals surface area contributed by atoms with E-state index < -0.39 is 23.4 Å². The van der Waals surface area contributed by atoms with E-state index >= 15 is 0 Å². The molecule has 0 unspecified atom stereocenters. The molecule has 0 saturated carbocycles. The van der Waals surface area contributed by atoms with E-state index in [2.05, 4.69) is 0 Å². The molecule has 0 saturated heterocycles. The van der Waals surface area contributed by atoms with Crippen LogP contribution in [-0.2, 0) is 9.47 Å². The van der Waals surface area contributed by atoms with Crippen molar-refractivity contribution in [3.63, 3.8) is 0 Å². The molecule has 0 aliphatic rings. The van der Waals surface area contributed by atoms with Crippen LogP contribution in [-0.4, -0.2) is 23.4 Å². The van der Waals surface area contributed by atoms with Crippen molar-refractivity contribution in [1.29, 1.82) is 0 Å². The Bertz CT molecular complexity index is 572. The van der Waals surface area contributed by atoms with E-state index in [0.717, 1.165) is 4.90 Å². The lowest BCUT2D eigenvalue weighted by atomic mass is 10.2. The lowest BCUT2D eigenvalue weighted by Gasteiger charge is -2.29. The van der Waals surface area contributed by atoms with Crippen LogP contribution in [0.2, 0.25) is 0 Å². The first kappa shape index (κ1) is 18.6. The topological polar surface area (TPSA) is 108 Å². The number of rotatable bonds is 1. The summed E-state index contributed by atoms with van der Waals surface area (Å²) in [6, 6.07) is 4.50. The van der Waals surface area contributed by atoms with E-state index in [1.807, 2.05) is 0 Å². The van der Waals surface area contributed by atoms with Crippen LogP contribution in [0.4, 0.5) is 26.7 Å². The van der Waals surface area contributed by atoms with Gasteiger partial charge >= 0.3 is 12.2 Å². The maximum atomic E-state index is 12.5. The second kappa shape index (κ2) is 6.36. The van der Waals surface area contributed by atoms with E-state index in [9.17, 15) is 9.59 Å². The van der Waals surface area contributed by atoms with Crippen LogP contribution >= 0.6 is 0 Å². The molecular formula is C16H25N3O4. The number of hydrogen-bond donors (Lipinski definition) is 2. The number of amides is 2. The first-order chi connectivity index (χ1) is 10.3. The summed E-state index contributed by atoms with van der Waals surface area (Å²) in [5.74, 6) is 0. The van der Waals surface area contributed by atoms with Gasteiger partial charge in [-0.05, 0) is 59.7 Å². The fourth-order valence-electron chi connectivity index (χ4n) is 1.64. The number of imide groups is 1. The van der Waals surface area contributed by atoms with Gasteiger partial charge < -0.3 is 20.9 Å². The van der Waals surface area contributed by atoms with Gasteiger partial charge in [-0.2, -0.15) is 4.90 Å². The van der Waals surface area contributed by atoms with Gasteiger partial charge in [-0.25, -0.2) is 9.59 Å². The van der Waals surface area contributed by atoms with E-state index in [-0.39, 0.29) is 11.4 Å². The second-order valence-electron chi connectivity index (χ2n) is 7.11. The molecule has 0 radical (unpaired) electrons. The van der Waals surface area contributed by atoms with Gasteiger partial charge in [0.25, 0.3) is 0 Å². The van der Waals surface area contributed by atoms with Crippen molar-refractivity contribution in [2.24, 2.45) is 0 Å². The van der Waals surface area contributed by atoms with Gasteiger partial charge in [0.05, 0.1) is 11.4 Å². The second-order valence-corrected chi connectivity index (χ2v) is 7.11. The lowest BCUT2D eigenvalue weighted by molar-refractivity contribution is 0.0431. The largest absolute Gasteiger partial charge is 0.443 e.